The van der Waals surface area contributed by atoms with Crippen LogP contribution in [0.2, 0.25) is 0 Å². The lowest BCUT2D eigenvalue weighted by Gasteiger charge is -2.29. The van der Waals surface area contributed by atoms with Crippen molar-refractivity contribution in [1.29, 1.82) is 0 Å². The summed E-state index contributed by atoms with van der Waals surface area (Å²) < 4.78 is 29.1. The summed E-state index contributed by atoms with van der Waals surface area (Å²) in [5.74, 6) is 0.0694. The zero-order valence-corrected chi connectivity index (χ0v) is 17.0. The van der Waals surface area contributed by atoms with E-state index in [9.17, 15) is 13.2 Å². The smallest absolute Gasteiger partial charge is 0.286 e. The number of benzene rings is 3. The number of hydrogen-bond donors (Lipinski definition) is 1. The summed E-state index contributed by atoms with van der Waals surface area (Å²) in [5, 5.41) is 4.83. The number of sulfonamides is 1. The maximum atomic E-state index is 12.9. The maximum Gasteiger partial charge on any atom is 0.286 e. The SMILES string of the molecule is CCCN1C(C)=NS(=O)(=O)c2cc(C(=O)Nc3cccc4ccccc34)ccc21. The number of fused-ring (bicyclic) bond motifs is 2. The minimum Gasteiger partial charge on any atom is -0.328 e. The van der Waals surface area contributed by atoms with Gasteiger partial charge in [-0.15, -0.1) is 4.40 Å². The van der Waals surface area contributed by atoms with E-state index in [0.717, 1.165) is 17.2 Å². The van der Waals surface area contributed by atoms with Crippen LogP contribution in [-0.4, -0.2) is 26.7 Å². The topological polar surface area (TPSA) is 78.8 Å². The van der Waals surface area contributed by atoms with Crippen molar-refractivity contribution in [3.63, 3.8) is 0 Å². The Kier molecular flexibility index (Phi) is 4.84. The normalized spacial score (nSPS) is 15.0. The second kappa shape index (κ2) is 7.33. The molecule has 1 N–H and O–H groups in total. The number of carbonyl (C=O) groups excluding carboxylic acids is 1. The van der Waals surface area contributed by atoms with E-state index in [4.69, 9.17) is 0 Å². The Bertz CT molecular complexity index is 1240. The molecule has 0 saturated heterocycles. The van der Waals surface area contributed by atoms with Crippen molar-refractivity contribution in [3.8, 4) is 0 Å². The summed E-state index contributed by atoms with van der Waals surface area (Å²) in [6.07, 6.45) is 0.843. The molecule has 1 amide bonds. The molecule has 0 aliphatic carbocycles. The first-order valence-corrected chi connectivity index (χ1v) is 10.9. The average molecular weight is 407 g/mol. The van der Waals surface area contributed by atoms with Crippen LogP contribution < -0.4 is 10.2 Å². The molecule has 29 heavy (non-hydrogen) atoms. The number of nitrogens with zero attached hydrogens (tertiary/aromatic N) is 2. The Hall–Kier alpha value is -3.19. The van der Waals surface area contributed by atoms with Gasteiger partial charge in [0.1, 0.15) is 10.7 Å². The van der Waals surface area contributed by atoms with Gasteiger partial charge in [-0.05, 0) is 43.0 Å². The fraction of sp³-hybridized carbons (Fsp3) is 0.182. The van der Waals surface area contributed by atoms with Crippen LogP contribution in [0.4, 0.5) is 11.4 Å². The molecule has 0 unspecified atom stereocenters. The lowest BCUT2D eigenvalue weighted by Crippen LogP contribution is -2.34. The van der Waals surface area contributed by atoms with Gasteiger partial charge in [-0.2, -0.15) is 8.42 Å². The third-order valence-electron chi connectivity index (χ3n) is 4.92. The van der Waals surface area contributed by atoms with Crippen LogP contribution in [-0.2, 0) is 10.0 Å². The van der Waals surface area contributed by atoms with Crippen LogP contribution in [0.5, 0.6) is 0 Å². The predicted molar refractivity (Wildman–Crippen MR) is 116 cm³/mol. The van der Waals surface area contributed by atoms with Gasteiger partial charge in [0.05, 0.1) is 5.69 Å². The lowest BCUT2D eigenvalue weighted by atomic mass is 10.1. The number of amides is 1. The van der Waals surface area contributed by atoms with Crippen LogP contribution in [0.25, 0.3) is 10.8 Å². The highest BCUT2D eigenvalue weighted by Gasteiger charge is 2.29. The van der Waals surface area contributed by atoms with Gasteiger partial charge in [0.15, 0.2) is 0 Å². The van der Waals surface area contributed by atoms with Crippen LogP contribution in [0, 0.1) is 0 Å². The molecule has 0 aromatic heterocycles. The molecule has 0 spiro atoms. The molecule has 4 rings (SSSR count). The standard InChI is InChI=1S/C22H21N3O3S/c1-3-13-25-15(2)24-29(27,28)21-14-17(11-12-20(21)25)22(26)23-19-10-6-8-16-7-4-5-9-18(16)19/h4-12,14H,3,13H2,1-2H3,(H,23,26). The largest absolute Gasteiger partial charge is 0.328 e. The van der Waals surface area contributed by atoms with Crippen LogP contribution in [0.1, 0.15) is 30.6 Å². The van der Waals surface area contributed by atoms with Crippen molar-refractivity contribution in [2.75, 3.05) is 16.8 Å². The number of nitrogens with one attached hydrogen (secondary N) is 1. The molecule has 148 valence electrons. The first-order valence-electron chi connectivity index (χ1n) is 9.43. The first kappa shape index (κ1) is 19.1. The molecule has 1 aliphatic rings. The van der Waals surface area contributed by atoms with Crippen molar-refractivity contribution < 1.29 is 13.2 Å². The summed E-state index contributed by atoms with van der Waals surface area (Å²) in [5.41, 5.74) is 1.50. The van der Waals surface area contributed by atoms with E-state index in [1.165, 1.54) is 6.07 Å². The van der Waals surface area contributed by atoms with Gasteiger partial charge < -0.3 is 10.2 Å². The molecule has 1 heterocycles. The van der Waals surface area contributed by atoms with Crippen LogP contribution >= 0.6 is 0 Å². The Morgan fingerprint density at radius 3 is 2.62 bits per heavy atom. The van der Waals surface area contributed by atoms with Crippen molar-refractivity contribution in [2.24, 2.45) is 4.40 Å². The average Bonchev–Trinajstić information content (AvgIpc) is 2.71. The second-order valence-corrected chi connectivity index (χ2v) is 8.50. The van der Waals surface area contributed by atoms with Gasteiger partial charge in [-0.1, -0.05) is 43.3 Å². The van der Waals surface area contributed by atoms with Crippen molar-refractivity contribution in [3.05, 3.63) is 66.2 Å². The molecule has 0 fully saturated rings. The zero-order valence-electron chi connectivity index (χ0n) is 16.2. The third kappa shape index (κ3) is 3.49. The number of anilines is 2. The minimum absolute atomic E-state index is 0.0575. The van der Waals surface area contributed by atoms with E-state index in [-0.39, 0.29) is 16.4 Å². The fourth-order valence-corrected chi connectivity index (χ4v) is 4.83. The van der Waals surface area contributed by atoms with Gasteiger partial charge in [-0.3, -0.25) is 4.79 Å². The van der Waals surface area contributed by atoms with Gasteiger partial charge >= 0.3 is 0 Å². The summed E-state index contributed by atoms with van der Waals surface area (Å²) in [4.78, 5) is 14.8. The van der Waals surface area contributed by atoms with Gasteiger partial charge in [-0.25, -0.2) is 0 Å². The van der Waals surface area contributed by atoms with E-state index in [1.54, 1.807) is 19.1 Å². The van der Waals surface area contributed by atoms with E-state index >= 15 is 0 Å². The van der Waals surface area contributed by atoms with E-state index in [1.807, 2.05) is 54.3 Å². The van der Waals surface area contributed by atoms with E-state index in [0.29, 0.717) is 23.8 Å². The molecule has 0 bridgehead atoms. The van der Waals surface area contributed by atoms with Crippen molar-refractivity contribution in [2.45, 2.75) is 25.2 Å². The second-order valence-electron chi connectivity index (χ2n) is 6.93. The summed E-state index contributed by atoms with van der Waals surface area (Å²) in [7, 11) is -3.84. The molecule has 7 heteroatoms. The first-order chi connectivity index (χ1) is 13.9. The molecule has 0 saturated carbocycles. The molecule has 0 atom stereocenters. The minimum atomic E-state index is -3.84. The third-order valence-corrected chi connectivity index (χ3v) is 6.31. The highest BCUT2D eigenvalue weighted by Crippen LogP contribution is 2.33. The monoisotopic (exact) mass is 407 g/mol. The van der Waals surface area contributed by atoms with Gasteiger partial charge in [0.2, 0.25) is 0 Å². The van der Waals surface area contributed by atoms with Gasteiger partial charge in [0.25, 0.3) is 15.9 Å². The Labute approximate surface area is 169 Å². The summed E-state index contributed by atoms with van der Waals surface area (Å²) >= 11 is 0. The molecule has 3 aromatic carbocycles. The molecule has 1 aliphatic heterocycles. The quantitative estimate of drug-likeness (QED) is 0.694. The van der Waals surface area contributed by atoms with Crippen molar-refractivity contribution >= 4 is 43.9 Å². The number of rotatable bonds is 4. The Balaban J connectivity index is 1.71. The highest BCUT2D eigenvalue weighted by atomic mass is 32.2. The van der Waals surface area contributed by atoms with E-state index < -0.39 is 10.0 Å². The molecular weight excluding hydrogens is 386 g/mol. The van der Waals surface area contributed by atoms with Gasteiger partial charge in [0, 0.05) is 23.2 Å². The highest BCUT2D eigenvalue weighted by molar-refractivity contribution is 7.90. The maximum absolute atomic E-state index is 12.9. The number of amidine groups is 1. The lowest BCUT2D eigenvalue weighted by molar-refractivity contribution is 0.102. The van der Waals surface area contributed by atoms with Crippen LogP contribution in [0.15, 0.2) is 70.0 Å². The Morgan fingerprint density at radius 2 is 1.83 bits per heavy atom. The van der Waals surface area contributed by atoms with Crippen molar-refractivity contribution in [1.82, 2.24) is 0 Å². The molecule has 0 radical (unpaired) electrons. The molecular formula is C22H21N3O3S. The zero-order chi connectivity index (χ0) is 20.6. The summed E-state index contributed by atoms with van der Waals surface area (Å²) in [6.45, 7) is 4.35. The fourth-order valence-electron chi connectivity index (χ4n) is 3.57. The molecule has 3 aromatic rings. The number of hydrogen-bond acceptors (Lipinski definition) is 4. The summed E-state index contributed by atoms with van der Waals surface area (Å²) in [6, 6.07) is 18.2. The Morgan fingerprint density at radius 1 is 1.07 bits per heavy atom. The van der Waals surface area contributed by atoms with Crippen LogP contribution in [0.3, 0.4) is 0 Å². The number of carbonyl (C=O) groups is 1. The predicted octanol–water partition coefficient (Wildman–Crippen LogP) is 4.43. The molecule has 6 nitrogen and oxygen atoms in total. The van der Waals surface area contributed by atoms with E-state index in [2.05, 4.69) is 9.71 Å².